The van der Waals surface area contributed by atoms with E-state index in [1.807, 2.05) is 31.2 Å². The van der Waals surface area contributed by atoms with Crippen LogP contribution in [0.5, 0.6) is 0 Å². The minimum atomic E-state index is -0.600. The number of carbonyl (C=O) groups excluding carboxylic acids is 1. The van der Waals surface area contributed by atoms with Crippen molar-refractivity contribution in [2.45, 2.75) is 25.6 Å². The van der Waals surface area contributed by atoms with Crippen molar-refractivity contribution in [3.63, 3.8) is 0 Å². The number of fused-ring (bicyclic) bond motifs is 1. The molecule has 0 aliphatic carbocycles. The molecule has 0 saturated carbocycles. The molecule has 4 rings (SSSR count). The first-order chi connectivity index (χ1) is 15.5. The molecular weight excluding hydrogens is 463 g/mol. The highest BCUT2D eigenvalue weighted by atomic mass is 35.5. The van der Waals surface area contributed by atoms with Crippen molar-refractivity contribution in [3.05, 3.63) is 93.1 Å². The highest BCUT2D eigenvalue weighted by Gasteiger charge is 2.32. The normalized spacial score (nSPS) is 16.0. The van der Waals surface area contributed by atoms with Gasteiger partial charge in [0.15, 0.2) is 5.17 Å². The SMILES string of the molecule is CCOC(=O)C1=C(C)NC(SCc2cccc3ccccc23)=N[C@@H]1c1cccc(Cl)c1Cl. The summed E-state index contributed by atoms with van der Waals surface area (Å²) in [5.74, 6) is 0.311. The molecular formula is C25H22Cl2N2O2S. The molecule has 0 saturated heterocycles. The third kappa shape index (κ3) is 4.65. The molecule has 4 nitrogen and oxygen atoms in total. The van der Waals surface area contributed by atoms with Gasteiger partial charge in [0, 0.05) is 17.0 Å². The fourth-order valence-electron chi connectivity index (χ4n) is 3.71. The number of halogens is 2. The molecule has 1 atom stereocenters. The van der Waals surface area contributed by atoms with Crippen molar-refractivity contribution < 1.29 is 9.53 Å². The second kappa shape index (κ2) is 9.99. The van der Waals surface area contributed by atoms with Crippen molar-refractivity contribution in [1.82, 2.24) is 5.32 Å². The number of nitrogens with zero attached hydrogens (tertiary/aromatic N) is 1. The van der Waals surface area contributed by atoms with Crippen LogP contribution in [-0.2, 0) is 15.3 Å². The van der Waals surface area contributed by atoms with E-state index >= 15 is 0 Å². The highest BCUT2D eigenvalue weighted by Crippen LogP contribution is 2.39. The minimum absolute atomic E-state index is 0.276. The number of rotatable bonds is 5. The summed E-state index contributed by atoms with van der Waals surface area (Å²) in [5.41, 5.74) is 3.02. The summed E-state index contributed by atoms with van der Waals surface area (Å²) in [7, 11) is 0. The molecule has 164 valence electrons. The number of nitrogens with one attached hydrogen (secondary N) is 1. The molecule has 1 aliphatic heterocycles. The number of amidine groups is 1. The number of allylic oxidation sites excluding steroid dienone is 1. The van der Waals surface area contributed by atoms with Gasteiger partial charge in [-0.1, -0.05) is 89.6 Å². The number of thioether (sulfide) groups is 1. The van der Waals surface area contributed by atoms with Gasteiger partial charge in [-0.05, 0) is 36.2 Å². The van der Waals surface area contributed by atoms with Gasteiger partial charge >= 0.3 is 5.97 Å². The lowest BCUT2D eigenvalue weighted by Crippen LogP contribution is -2.30. The topological polar surface area (TPSA) is 50.7 Å². The van der Waals surface area contributed by atoms with Crippen LogP contribution in [0.2, 0.25) is 10.0 Å². The number of hydrogen-bond donors (Lipinski definition) is 1. The summed E-state index contributed by atoms with van der Waals surface area (Å²) in [5, 5.41) is 7.21. The maximum absolute atomic E-state index is 12.7. The number of esters is 1. The Kier molecular flexibility index (Phi) is 7.09. The summed E-state index contributed by atoms with van der Waals surface area (Å²) in [4.78, 5) is 17.6. The summed E-state index contributed by atoms with van der Waals surface area (Å²) in [6.45, 7) is 3.91. The average Bonchev–Trinajstić information content (AvgIpc) is 2.79. The highest BCUT2D eigenvalue weighted by molar-refractivity contribution is 8.13. The molecule has 7 heteroatoms. The Labute approximate surface area is 201 Å². The molecule has 1 N–H and O–H groups in total. The number of aliphatic imine (C=N–C) groups is 1. The molecule has 0 amide bonds. The minimum Gasteiger partial charge on any atom is -0.463 e. The maximum Gasteiger partial charge on any atom is 0.338 e. The van der Waals surface area contributed by atoms with Crippen molar-refractivity contribution in [2.75, 3.05) is 6.61 Å². The van der Waals surface area contributed by atoms with Crippen LogP contribution in [0.4, 0.5) is 0 Å². The fourth-order valence-corrected chi connectivity index (χ4v) is 5.08. The van der Waals surface area contributed by atoms with Crippen molar-refractivity contribution in [2.24, 2.45) is 4.99 Å². The van der Waals surface area contributed by atoms with Crippen LogP contribution in [0.25, 0.3) is 10.8 Å². The number of hydrogen-bond acceptors (Lipinski definition) is 5. The molecule has 0 bridgehead atoms. The van der Waals surface area contributed by atoms with E-state index in [-0.39, 0.29) is 6.61 Å². The van der Waals surface area contributed by atoms with Crippen molar-refractivity contribution in [1.29, 1.82) is 0 Å². The van der Waals surface area contributed by atoms with Gasteiger partial charge in [0.2, 0.25) is 0 Å². The number of ether oxygens (including phenoxy) is 1. The summed E-state index contributed by atoms with van der Waals surface area (Å²) in [6.07, 6.45) is 0. The molecule has 1 aliphatic rings. The Hall–Kier alpha value is -2.47. The zero-order valence-corrected chi connectivity index (χ0v) is 20.0. The zero-order chi connectivity index (χ0) is 22.7. The van der Waals surface area contributed by atoms with Crippen LogP contribution < -0.4 is 5.32 Å². The Morgan fingerprint density at radius 1 is 1.09 bits per heavy atom. The first kappa shape index (κ1) is 22.7. The van der Waals surface area contributed by atoms with E-state index in [4.69, 9.17) is 32.9 Å². The van der Waals surface area contributed by atoms with Gasteiger partial charge in [-0.2, -0.15) is 0 Å². The van der Waals surface area contributed by atoms with Crippen LogP contribution in [0.3, 0.4) is 0 Å². The van der Waals surface area contributed by atoms with Gasteiger partial charge in [0.1, 0.15) is 6.04 Å². The van der Waals surface area contributed by atoms with E-state index in [1.165, 1.54) is 16.3 Å². The Balaban J connectivity index is 1.67. The van der Waals surface area contributed by atoms with E-state index in [0.29, 0.717) is 32.0 Å². The van der Waals surface area contributed by atoms with Crippen LogP contribution >= 0.6 is 35.0 Å². The van der Waals surface area contributed by atoms with Crippen molar-refractivity contribution in [3.8, 4) is 0 Å². The van der Waals surface area contributed by atoms with E-state index in [9.17, 15) is 4.79 Å². The second-order valence-electron chi connectivity index (χ2n) is 7.29. The lowest BCUT2D eigenvalue weighted by Gasteiger charge is -2.26. The molecule has 0 radical (unpaired) electrons. The van der Waals surface area contributed by atoms with E-state index in [1.54, 1.807) is 24.8 Å². The first-order valence-corrected chi connectivity index (χ1v) is 12.0. The summed E-state index contributed by atoms with van der Waals surface area (Å²) < 4.78 is 5.30. The van der Waals surface area contributed by atoms with Crippen LogP contribution in [0, 0.1) is 0 Å². The van der Waals surface area contributed by atoms with Gasteiger partial charge in [-0.15, -0.1) is 0 Å². The second-order valence-corrected chi connectivity index (χ2v) is 9.04. The Morgan fingerprint density at radius 3 is 2.66 bits per heavy atom. The lowest BCUT2D eigenvalue weighted by molar-refractivity contribution is -0.138. The largest absolute Gasteiger partial charge is 0.463 e. The van der Waals surface area contributed by atoms with E-state index < -0.39 is 12.0 Å². The third-order valence-corrected chi connectivity index (χ3v) is 7.00. The standard InChI is InChI=1S/C25H22Cl2N2O2S/c1-3-31-24(30)21-15(2)28-25(29-23(21)19-12-7-13-20(26)22(19)27)32-14-17-10-6-9-16-8-4-5-11-18(16)17/h4-13,23H,3,14H2,1-2H3,(H,28,29)/t23-/m1/s1. The van der Waals surface area contributed by atoms with E-state index in [2.05, 4.69) is 35.6 Å². The lowest BCUT2D eigenvalue weighted by atomic mass is 9.96. The van der Waals surface area contributed by atoms with Gasteiger partial charge < -0.3 is 10.1 Å². The zero-order valence-electron chi connectivity index (χ0n) is 17.7. The summed E-state index contributed by atoms with van der Waals surface area (Å²) >= 11 is 14.3. The van der Waals surface area contributed by atoms with Gasteiger partial charge in [0.25, 0.3) is 0 Å². The van der Waals surface area contributed by atoms with Crippen LogP contribution in [0.1, 0.15) is 31.0 Å². The Bertz CT molecular complexity index is 1230. The van der Waals surface area contributed by atoms with Gasteiger partial charge in [-0.25, -0.2) is 9.79 Å². The average molecular weight is 485 g/mol. The fraction of sp³-hybridized carbons (Fsp3) is 0.200. The molecule has 3 aromatic rings. The molecule has 32 heavy (non-hydrogen) atoms. The van der Waals surface area contributed by atoms with Crippen molar-refractivity contribution >= 4 is 56.9 Å². The van der Waals surface area contributed by atoms with Crippen LogP contribution in [-0.4, -0.2) is 17.7 Å². The van der Waals surface area contributed by atoms with Gasteiger partial charge in [0.05, 0.1) is 22.2 Å². The molecule has 0 fully saturated rings. The first-order valence-electron chi connectivity index (χ1n) is 10.3. The number of benzene rings is 3. The Morgan fingerprint density at radius 2 is 1.84 bits per heavy atom. The van der Waals surface area contributed by atoms with E-state index in [0.717, 1.165) is 5.75 Å². The number of carbonyl (C=O) groups is 1. The van der Waals surface area contributed by atoms with Crippen LogP contribution in [0.15, 0.2) is 76.9 Å². The smallest absolute Gasteiger partial charge is 0.338 e. The maximum atomic E-state index is 12.7. The predicted octanol–water partition coefficient (Wildman–Crippen LogP) is 6.92. The predicted molar refractivity (Wildman–Crippen MR) is 134 cm³/mol. The third-order valence-electron chi connectivity index (χ3n) is 5.23. The molecule has 3 aromatic carbocycles. The molecule has 0 unspecified atom stereocenters. The molecule has 0 spiro atoms. The molecule has 1 heterocycles. The van der Waals surface area contributed by atoms with Gasteiger partial charge in [-0.3, -0.25) is 0 Å². The quantitative estimate of drug-likeness (QED) is 0.399. The molecule has 0 aromatic heterocycles. The summed E-state index contributed by atoms with van der Waals surface area (Å²) in [6, 6.07) is 19.4. The monoisotopic (exact) mass is 484 g/mol.